The summed E-state index contributed by atoms with van der Waals surface area (Å²) in [5.41, 5.74) is 3.06. The fourth-order valence-corrected chi connectivity index (χ4v) is 1.45. The lowest BCUT2D eigenvalue weighted by atomic mass is 10.2. The molecule has 1 aliphatic rings. The van der Waals surface area contributed by atoms with Gasteiger partial charge in [-0.25, -0.2) is 0 Å². The molecule has 0 unspecified atom stereocenters. The molecule has 1 aromatic carbocycles. The number of rotatable bonds is 4. The second-order valence-corrected chi connectivity index (χ2v) is 3.96. The van der Waals surface area contributed by atoms with E-state index in [1.165, 1.54) is 17.5 Å². The molecule has 0 heterocycles. The number of benzene rings is 1. The van der Waals surface area contributed by atoms with Crippen LogP contribution in [0.15, 0.2) is 24.3 Å². The molecule has 0 atom stereocenters. The van der Waals surface area contributed by atoms with E-state index in [0.717, 1.165) is 13.2 Å². The van der Waals surface area contributed by atoms with E-state index in [1.807, 2.05) is 0 Å². The molecule has 1 aromatic rings. The first-order chi connectivity index (χ1) is 7.27. The molecule has 84 valence electrons. The van der Waals surface area contributed by atoms with Crippen LogP contribution in [-0.4, -0.2) is 27.4 Å². The van der Waals surface area contributed by atoms with Gasteiger partial charge in [-0.3, -0.25) is 0 Å². The number of hydrogen-bond donors (Lipinski definition) is 0. The van der Waals surface area contributed by atoms with E-state index in [1.54, 1.807) is 14.2 Å². The van der Waals surface area contributed by atoms with E-state index in [0.29, 0.717) is 5.92 Å². The average molecular weight is 208 g/mol. The Morgan fingerprint density at radius 1 is 1.07 bits per heavy atom. The van der Waals surface area contributed by atoms with Gasteiger partial charge in [0.2, 0.25) is 0 Å². The standard InChI is InChI=1S/C7H6.C6H14O2/c1-2-4-7-5-6(7)3-1;1-6(4-7-2)5-8-3/h1-4H,5H2;6H,4-5H2,1-3H3. The van der Waals surface area contributed by atoms with Crippen LogP contribution in [0.5, 0.6) is 0 Å². The Morgan fingerprint density at radius 3 is 1.87 bits per heavy atom. The predicted molar refractivity (Wildman–Crippen MR) is 62.2 cm³/mol. The molecule has 0 N–H and O–H groups in total. The maximum absolute atomic E-state index is 4.88. The zero-order valence-corrected chi connectivity index (χ0v) is 9.82. The fourth-order valence-electron chi connectivity index (χ4n) is 1.45. The van der Waals surface area contributed by atoms with E-state index in [2.05, 4.69) is 31.2 Å². The zero-order chi connectivity index (χ0) is 11.1. The van der Waals surface area contributed by atoms with Gasteiger partial charge in [-0.05, 0) is 17.5 Å². The maximum Gasteiger partial charge on any atom is 0.0509 e. The van der Waals surface area contributed by atoms with Crippen LogP contribution in [0.4, 0.5) is 0 Å². The molecule has 0 aromatic heterocycles. The first kappa shape index (κ1) is 12.2. The minimum absolute atomic E-state index is 0.519. The zero-order valence-electron chi connectivity index (χ0n) is 9.82. The molecule has 1 aliphatic carbocycles. The van der Waals surface area contributed by atoms with Crippen LogP contribution in [-0.2, 0) is 15.9 Å². The lowest BCUT2D eigenvalue weighted by Crippen LogP contribution is -2.09. The molecule has 0 bridgehead atoms. The van der Waals surface area contributed by atoms with Crippen molar-refractivity contribution in [3.05, 3.63) is 35.4 Å². The van der Waals surface area contributed by atoms with Crippen molar-refractivity contribution in [3.63, 3.8) is 0 Å². The smallest absolute Gasteiger partial charge is 0.0509 e. The molecule has 0 spiro atoms. The van der Waals surface area contributed by atoms with Gasteiger partial charge in [0, 0.05) is 20.1 Å². The van der Waals surface area contributed by atoms with Crippen molar-refractivity contribution in [2.24, 2.45) is 5.92 Å². The summed E-state index contributed by atoms with van der Waals surface area (Å²) in [5, 5.41) is 0. The maximum atomic E-state index is 4.88. The molecule has 0 fully saturated rings. The SMILES string of the molecule is COCC(C)COC.c1ccc2c(c1)C2. The number of ether oxygens (including phenoxy) is 2. The van der Waals surface area contributed by atoms with Gasteiger partial charge in [0.05, 0.1) is 13.2 Å². The summed E-state index contributed by atoms with van der Waals surface area (Å²) >= 11 is 0. The Morgan fingerprint density at radius 2 is 1.53 bits per heavy atom. The summed E-state index contributed by atoms with van der Waals surface area (Å²) in [6, 6.07) is 8.53. The molecular weight excluding hydrogens is 188 g/mol. The highest BCUT2D eigenvalue weighted by Gasteiger charge is 2.12. The van der Waals surface area contributed by atoms with Gasteiger partial charge in [-0.15, -0.1) is 0 Å². The minimum atomic E-state index is 0.519. The van der Waals surface area contributed by atoms with Crippen molar-refractivity contribution in [1.82, 2.24) is 0 Å². The van der Waals surface area contributed by atoms with Crippen LogP contribution in [0.3, 0.4) is 0 Å². The fraction of sp³-hybridized carbons (Fsp3) is 0.538. The highest BCUT2D eigenvalue weighted by Crippen LogP contribution is 2.25. The molecule has 0 radical (unpaired) electrons. The summed E-state index contributed by atoms with van der Waals surface area (Å²) in [6.07, 6.45) is 1.24. The van der Waals surface area contributed by atoms with Crippen molar-refractivity contribution >= 4 is 0 Å². The average Bonchev–Trinajstić information content (AvgIpc) is 2.98. The molecule has 0 saturated heterocycles. The number of fused-ring (bicyclic) bond motifs is 1. The molecule has 0 amide bonds. The summed E-state index contributed by atoms with van der Waals surface area (Å²) in [6.45, 7) is 3.66. The lowest BCUT2D eigenvalue weighted by Gasteiger charge is -2.06. The van der Waals surface area contributed by atoms with E-state index >= 15 is 0 Å². The van der Waals surface area contributed by atoms with E-state index in [9.17, 15) is 0 Å². The normalized spacial score (nSPS) is 11.7. The van der Waals surface area contributed by atoms with Crippen LogP contribution < -0.4 is 0 Å². The second-order valence-electron chi connectivity index (χ2n) is 3.96. The third kappa shape index (κ3) is 4.96. The van der Waals surface area contributed by atoms with E-state index < -0.39 is 0 Å². The summed E-state index contributed by atoms with van der Waals surface area (Å²) < 4.78 is 9.75. The van der Waals surface area contributed by atoms with E-state index in [-0.39, 0.29) is 0 Å². The Hall–Kier alpha value is -0.860. The highest BCUT2D eigenvalue weighted by atomic mass is 16.5. The van der Waals surface area contributed by atoms with Gasteiger partial charge in [-0.1, -0.05) is 31.2 Å². The van der Waals surface area contributed by atoms with Crippen LogP contribution in [0.1, 0.15) is 18.1 Å². The topological polar surface area (TPSA) is 18.5 Å². The van der Waals surface area contributed by atoms with Gasteiger partial charge < -0.3 is 9.47 Å². The van der Waals surface area contributed by atoms with Crippen LogP contribution in [0.25, 0.3) is 0 Å². The summed E-state index contributed by atoms with van der Waals surface area (Å²) in [4.78, 5) is 0. The van der Waals surface area contributed by atoms with Crippen LogP contribution in [0.2, 0.25) is 0 Å². The Bertz CT molecular complexity index is 257. The Kier molecular flexibility index (Phi) is 5.37. The molecule has 0 saturated carbocycles. The van der Waals surface area contributed by atoms with Crippen molar-refractivity contribution in [2.45, 2.75) is 13.3 Å². The molecule has 2 nitrogen and oxygen atoms in total. The molecule has 0 aliphatic heterocycles. The first-order valence-corrected chi connectivity index (χ1v) is 5.32. The largest absolute Gasteiger partial charge is 0.384 e. The van der Waals surface area contributed by atoms with Crippen molar-refractivity contribution in [1.29, 1.82) is 0 Å². The summed E-state index contributed by atoms with van der Waals surface area (Å²) in [7, 11) is 3.40. The quantitative estimate of drug-likeness (QED) is 0.768. The van der Waals surface area contributed by atoms with Crippen LogP contribution in [0, 0.1) is 5.92 Å². The summed E-state index contributed by atoms with van der Waals surface area (Å²) in [5.74, 6) is 0.519. The van der Waals surface area contributed by atoms with Gasteiger partial charge in [0.1, 0.15) is 0 Å². The Balaban J connectivity index is 0.000000150. The first-order valence-electron chi connectivity index (χ1n) is 5.32. The van der Waals surface area contributed by atoms with Crippen molar-refractivity contribution in [2.75, 3.05) is 27.4 Å². The van der Waals surface area contributed by atoms with Crippen molar-refractivity contribution in [3.8, 4) is 0 Å². The minimum Gasteiger partial charge on any atom is -0.384 e. The molecule has 2 rings (SSSR count). The Labute approximate surface area is 92.2 Å². The second kappa shape index (κ2) is 6.59. The molecular formula is C13H20O2. The lowest BCUT2D eigenvalue weighted by molar-refractivity contribution is 0.0933. The van der Waals surface area contributed by atoms with Gasteiger partial charge >= 0.3 is 0 Å². The monoisotopic (exact) mass is 208 g/mol. The van der Waals surface area contributed by atoms with Gasteiger partial charge in [-0.2, -0.15) is 0 Å². The third-order valence-electron chi connectivity index (χ3n) is 2.28. The number of hydrogen-bond acceptors (Lipinski definition) is 2. The highest BCUT2D eigenvalue weighted by molar-refractivity contribution is 5.44. The van der Waals surface area contributed by atoms with E-state index in [4.69, 9.17) is 9.47 Å². The van der Waals surface area contributed by atoms with Crippen molar-refractivity contribution < 1.29 is 9.47 Å². The van der Waals surface area contributed by atoms with Gasteiger partial charge in [0.25, 0.3) is 0 Å². The third-order valence-corrected chi connectivity index (χ3v) is 2.28. The number of methoxy groups -OCH3 is 2. The predicted octanol–water partition coefficient (Wildman–Crippen LogP) is 2.51. The molecule has 15 heavy (non-hydrogen) atoms. The molecule has 2 heteroatoms. The van der Waals surface area contributed by atoms with Crippen LogP contribution >= 0.6 is 0 Å². The van der Waals surface area contributed by atoms with Gasteiger partial charge in [0.15, 0.2) is 0 Å².